The zero-order valence-corrected chi connectivity index (χ0v) is 9.29. The lowest BCUT2D eigenvalue weighted by Crippen LogP contribution is -1.98. The standard InChI is InChI=1S/C12H10N4O/c1-8-2-3-10-9(4-8)6-13-11(15-10)5-12-14-7-17-16-12/h2-4,6-7H,5H2,1H3. The van der Waals surface area contributed by atoms with Crippen LogP contribution in [0, 0.1) is 6.92 Å². The summed E-state index contributed by atoms with van der Waals surface area (Å²) in [6.45, 7) is 2.05. The second kappa shape index (κ2) is 3.93. The van der Waals surface area contributed by atoms with Crippen molar-refractivity contribution in [2.75, 3.05) is 0 Å². The van der Waals surface area contributed by atoms with Crippen molar-refractivity contribution in [3.63, 3.8) is 0 Å². The molecule has 0 aliphatic carbocycles. The van der Waals surface area contributed by atoms with Crippen molar-refractivity contribution in [2.24, 2.45) is 0 Å². The minimum atomic E-state index is 0.486. The number of nitrogens with zero attached hydrogens (tertiary/aromatic N) is 4. The molecule has 0 atom stereocenters. The van der Waals surface area contributed by atoms with Crippen LogP contribution in [0.15, 0.2) is 35.3 Å². The fourth-order valence-electron chi connectivity index (χ4n) is 1.69. The van der Waals surface area contributed by atoms with Gasteiger partial charge in [-0.25, -0.2) is 9.97 Å². The maximum Gasteiger partial charge on any atom is 0.213 e. The molecular weight excluding hydrogens is 216 g/mol. The molecule has 2 aromatic heterocycles. The monoisotopic (exact) mass is 226 g/mol. The summed E-state index contributed by atoms with van der Waals surface area (Å²) in [6, 6.07) is 6.09. The molecule has 0 unspecified atom stereocenters. The van der Waals surface area contributed by atoms with Crippen LogP contribution in [0.4, 0.5) is 0 Å². The lowest BCUT2D eigenvalue weighted by atomic mass is 10.2. The van der Waals surface area contributed by atoms with Gasteiger partial charge in [0.25, 0.3) is 0 Å². The highest BCUT2D eigenvalue weighted by molar-refractivity contribution is 5.78. The summed E-state index contributed by atoms with van der Waals surface area (Å²) < 4.78 is 4.67. The first-order valence-electron chi connectivity index (χ1n) is 5.29. The Labute approximate surface area is 97.5 Å². The maximum absolute atomic E-state index is 4.67. The van der Waals surface area contributed by atoms with Crippen molar-refractivity contribution in [3.8, 4) is 0 Å². The molecule has 0 saturated heterocycles. The molecule has 0 saturated carbocycles. The second-order valence-corrected chi connectivity index (χ2v) is 3.87. The predicted molar refractivity (Wildman–Crippen MR) is 61.4 cm³/mol. The normalized spacial score (nSPS) is 10.9. The molecule has 5 nitrogen and oxygen atoms in total. The summed E-state index contributed by atoms with van der Waals surface area (Å²) in [4.78, 5) is 12.7. The summed E-state index contributed by atoms with van der Waals surface area (Å²) in [6.07, 6.45) is 3.62. The first-order valence-corrected chi connectivity index (χ1v) is 5.29. The number of hydrogen-bond donors (Lipinski definition) is 0. The fraction of sp³-hybridized carbons (Fsp3) is 0.167. The average Bonchev–Trinajstić information content (AvgIpc) is 2.82. The van der Waals surface area contributed by atoms with Crippen molar-refractivity contribution in [2.45, 2.75) is 13.3 Å². The smallest absolute Gasteiger partial charge is 0.213 e. The van der Waals surface area contributed by atoms with E-state index >= 15 is 0 Å². The molecule has 0 N–H and O–H groups in total. The summed E-state index contributed by atoms with van der Waals surface area (Å²) in [5.41, 5.74) is 2.14. The minimum absolute atomic E-state index is 0.486. The molecular formula is C12H10N4O. The van der Waals surface area contributed by atoms with Crippen molar-refractivity contribution >= 4 is 10.9 Å². The van der Waals surface area contributed by atoms with E-state index in [0.717, 1.165) is 10.9 Å². The predicted octanol–water partition coefficient (Wildman–Crippen LogP) is 1.91. The van der Waals surface area contributed by atoms with Crippen LogP contribution in [0.1, 0.15) is 17.2 Å². The SMILES string of the molecule is Cc1ccc2nc(Cc3ncon3)ncc2c1. The van der Waals surface area contributed by atoms with Gasteiger partial charge in [-0.1, -0.05) is 16.8 Å². The third kappa shape index (κ3) is 1.99. The summed E-state index contributed by atoms with van der Waals surface area (Å²) >= 11 is 0. The lowest BCUT2D eigenvalue weighted by molar-refractivity contribution is 0.411. The van der Waals surface area contributed by atoms with Gasteiger partial charge in [-0.2, -0.15) is 4.98 Å². The van der Waals surface area contributed by atoms with Crippen LogP contribution >= 0.6 is 0 Å². The summed E-state index contributed by atoms with van der Waals surface area (Å²) in [5.74, 6) is 1.29. The Balaban J connectivity index is 1.99. The van der Waals surface area contributed by atoms with Crippen LogP contribution in [0.2, 0.25) is 0 Å². The molecule has 0 fully saturated rings. The van der Waals surface area contributed by atoms with Gasteiger partial charge in [-0.15, -0.1) is 0 Å². The molecule has 0 aliphatic heterocycles. The van der Waals surface area contributed by atoms with Gasteiger partial charge in [0, 0.05) is 11.6 Å². The van der Waals surface area contributed by atoms with E-state index in [1.165, 1.54) is 12.0 Å². The Kier molecular flexibility index (Phi) is 2.29. The Hall–Kier alpha value is -2.30. The zero-order chi connectivity index (χ0) is 11.7. The molecule has 3 aromatic rings. The van der Waals surface area contributed by atoms with Gasteiger partial charge < -0.3 is 4.52 Å². The number of rotatable bonds is 2. The number of hydrogen-bond acceptors (Lipinski definition) is 5. The molecule has 0 bridgehead atoms. The van der Waals surface area contributed by atoms with E-state index in [1.54, 1.807) is 0 Å². The highest BCUT2D eigenvalue weighted by Gasteiger charge is 2.05. The highest BCUT2D eigenvalue weighted by Crippen LogP contribution is 2.13. The molecule has 3 rings (SSSR count). The molecule has 0 spiro atoms. The van der Waals surface area contributed by atoms with Crippen LogP contribution in [-0.4, -0.2) is 20.1 Å². The third-order valence-electron chi connectivity index (χ3n) is 2.51. The Morgan fingerprint density at radius 2 is 2.12 bits per heavy atom. The van der Waals surface area contributed by atoms with E-state index in [0.29, 0.717) is 18.1 Å². The molecule has 84 valence electrons. The van der Waals surface area contributed by atoms with Gasteiger partial charge in [0.15, 0.2) is 5.82 Å². The number of aryl methyl sites for hydroxylation is 1. The molecule has 1 aromatic carbocycles. The Morgan fingerprint density at radius 1 is 1.18 bits per heavy atom. The molecule has 0 amide bonds. The number of benzene rings is 1. The molecule has 17 heavy (non-hydrogen) atoms. The first-order chi connectivity index (χ1) is 8.31. The largest absolute Gasteiger partial charge is 0.343 e. The topological polar surface area (TPSA) is 64.7 Å². The maximum atomic E-state index is 4.67. The first kappa shape index (κ1) is 9.89. The van der Waals surface area contributed by atoms with Gasteiger partial charge in [-0.3, -0.25) is 0 Å². The van der Waals surface area contributed by atoms with Crippen LogP contribution in [0.25, 0.3) is 10.9 Å². The lowest BCUT2D eigenvalue weighted by Gasteiger charge is -2.00. The van der Waals surface area contributed by atoms with Gasteiger partial charge >= 0.3 is 0 Å². The molecule has 5 heteroatoms. The number of fused-ring (bicyclic) bond motifs is 1. The van der Waals surface area contributed by atoms with Crippen molar-refractivity contribution in [1.29, 1.82) is 0 Å². The van der Waals surface area contributed by atoms with Crippen LogP contribution < -0.4 is 0 Å². The zero-order valence-electron chi connectivity index (χ0n) is 9.29. The fourth-order valence-corrected chi connectivity index (χ4v) is 1.69. The van der Waals surface area contributed by atoms with Crippen molar-refractivity contribution in [1.82, 2.24) is 20.1 Å². The van der Waals surface area contributed by atoms with Crippen LogP contribution in [-0.2, 0) is 6.42 Å². The second-order valence-electron chi connectivity index (χ2n) is 3.87. The van der Waals surface area contributed by atoms with E-state index in [4.69, 9.17) is 0 Å². The van der Waals surface area contributed by atoms with Gasteiger partial charge in [0.1, 0.15) is 5.82 Å². The molecule has 2 heterocycles. The van der Waals surface area contributed by atoms with Gasteiger partial charge in [0.2, 0.25) is 6.39 Å². The van der Waals surface area contributed by atoms with Crippen molar-refractivity contribution in [3.05, 3.63) is 48.0 Å². The van der Waals surface area contributed by atoms with Crippen LogP contribution in [0.5, 0.6) is 0 Å². The van der Waals surface area contributed by atoms with Crippen molar-refractivity contribution < 1.29 is 4.52 Å². The minimum Gasteiger partial charge on any atom is -0.343 e. The van der Waals surface area contributed by atoms with Crippen LogP contribution in [0.3, 0.4) is 0 Å². The Bertz CT molecular complexity index is 649. The van der Waals surface area contributed by atoms with Gasteiger partial charge in [-0.05, 0) is 19.1 Å². The van der Waals surface area contributed by atoms with E-state index < -0.39 is 0 Å². The average molecular weight is 226 g/mol. The van der Waals surface area contributed by atoms with E-state index in [9.17, 15) is 0 Å². The quantitative estimate of drug-likeness (QED) is 0.667. The van der Waals surface area contributed by atoms with E-state index in [-0.39, 0.29) is 0 Å². The van der Waals surface area contributed by atoms with Gasteiger partial charge in [0.05, 0.1) is 11.9 Å². The molecule has 0 radical (unpaired) electrons. The number of aromatic nitrogens is 4. The summed E-state index contributed by atoms with van der Waals surface area (Å²) in [5, 5.41) is 4.78. The molecule has 0 aliphatic rings. The van der Waals surface area contributed by atoms with E-state index in [1.807, 2.05) is 25.3 Å². The third-order valence-corrected chi connectivity index (χ3v) is 2.51. The van der Waals surface area contributed by atoms with E-state index in [2.05, 4.69) is 30.7 Å². The Morgan fingerprint density at radius 3 is 2.94 bits per heavy atom. The highest BCUT2D eigenvalue weighted by atomic mass is 16.5. The summed E-state index contributed by atoms with van der Waals surface area (Å²) in [7, 11) is 0.